The summed E-state index contributed by atoms with van der Waals surface area (Å²) in [5.74, 6) is -2.26. The number of carbonyl (C=O) groups is 1. The van der Waals surface area contributed by atoms with E-state index >= 15 is 0 Å². The highest BCUT2D eigenvalue weighted by Crippen LogP contribution is 2.38. The van der Waals surface area contributed by atoms with Crippen LogP contribution in [0.25, 0.3) is 0 Å². The summed E-state index contributed by atoms with van der Waals surface area (Å²) in [6.45, 7) is 3.25. The fourth-order valence-electron chi connectivity index (χ4n) is 3.22. The van der Waals surface area contributed by atoms with Crippen molar-refractivity contribution < 1.29 is 18.3 Å². The van der Waals surface area contributed by atoms with Crippen LogP contribution in [-0.2, 0) is 9.53 Å². The number of rotatable bonds is 2. The number of alkyl halides is 2. The van der Waals surface area contributed by atoms with Gasteiger partial charge in [0.05, 0.1) is 13.2 Å². The lowest BCUT2D eigenvalue weighted by Gasteiger charge is -2.38. The molecule has 1 saturated heterocycles. The molecule has 22 heavy (non-hydrogen) atoms. The monoisotopic (exact) mass is 313 g/mol. The van der Waals surface area contributed by atoms with E-state index < -0.39 is 5.92 Å². The minimum absolute atomic E-state index is 0.0437. The first kappa shape index (κ1) is 15.4. The largest absolute Gasteiger partial charge is 0.377 e. The topological polar surface area (TPSA) is 58.2 Å². The number of carbonyl (C=O) groups excluding carboxylic acids is 1. The van der Waals surface area contributed by atoms with E-state index in [4.69, 9.17) is 4.74 Å². The highest BCUT2D eigenvalue weighted by Gasteiger charge is 2.41. The second kappa shape index (κ2) is 5.95. The van der Waals surface area contributed by atoms with E-state index in [9.17, 15) is 13.6 Å². The first-order chi connectivity index (χ1) is 10.5. The number of nitrogens with one attached hydrogen (secondary N) is 1. The number of H-pyrrole nitrogens is 1. The van der Waals surface area contributed by atoms with Gasteiger partial charge in [-0.25, -0.2) is 13.8 Å². The number of halogens is 2. The van der Waals surface area contributed by atoms with Crippen LogP contribution in [0, 0.1) is 12.8 Å². The molecule has 1 atom stereocenters. The smallest absolute Gasteiger partial charge is 0.248 e. The third-order valence-corrected chi connectivity index (χ3v) is 4.52. The summed E-state index contributed by atoms with van der Waals surface area (Å²) in [5.41, 5.74) is 0.922. The van der Waals surface area contributed by atoms with Crippen molar-refractivity contribution in [1.82, 2.24) is 14.9 Å². The SMILES string of the molecule is Cc1cnc([C@@H]2COCCN2C(=O)C2CCC(F)(F)CC2)[nH]1. The molecule has 122 valence electrons. The van der Waals surface area contributed by atoms with Gasteiger partial charge in [0, 0.05) is 37.2 Å². The quantitative estimate of drug-likeness (QED) is 0.912. The van der Waals surface area contributed by atoms with E-state index in [1.54, 1.807) is 11.1 Å². The molecule has 0 aromatic carbocycles. The predicted octanol–water partition coefficient (Wildman–Crippen LogP) is 2.44. The molecular formula is C15H21F2N3O2. The molecule has 3 rings (SSSR count). The summed E-state index contributed by atoms with van der Waals surface area (Å²) >= 11 is 0. The molecule has 7 heteroatoms. The molecule has 1 amide bonds. The second-order valence-corrected chi connectivity index (χ2v) is 6.20. The molecule has 1 N–H and O–H groups in total. The molecule has 2 heterocycles. The Kier molecular flexibility index (Phi) is 4.16. The van der Waals surface area contributed by atoms with E-state index in [1.165, 1.54) is 0 Å². The van der Waals surface area contributed by atoms with Crippen molar-refractivity contribution in [2.45, 2.75) is 44.6 Å². The molecule has 1 saturated carbocycles. The Morgan fingerprint density at radius 3 is 2.82 bits per heavy atom. The Labute approximate surface area is 128 Å². The van der Waals surface area contributed by atoms with E-state index in [-0.39, 0.29) is 43.6 Å². The van der Waals surface area contributed by atoms with Gasteiger partial charge in [0.2, 0.25) is 11.8 Å². The Balaban J connectivity index is 1.72. The van der Waals surface area contributed by atoms with Crippen molar-refractivity contribution in [2.24, 2.45) is 5.92 Å². The molecular weight excluding hydrogens is 292 g/mol. The number of nitrogens with zero attached hydrogens (tertiary/aromatic N) is 2. The molecule has 1 aliphatic carbocycles. The normalized spacial score (nSPS) is 26.1. The van der Waals surface area contributed by atoms with Crippen LogP contribution in [0.15, 0.2) is 6.20 Å². The summed E-state index contributed by atoms with van der Waals surface area (Å²) in [6, 6.07) is -0.252. The highest BCUT2D eigenvalue weighted by atomic mass is 19.3. The summed E-state index contributed by atoms with van der Waals surface area (Å²) in [4.78, 5) is 21.9. The van der Waals surface area contributed by atoms with Crippen LogP contribution >= 0.6 is 0 Å². The molecule has 0 radical (unpaired) electrons. The van der Waals surface area contributed by atoms with Gasteiger partial charge in [-0.15, -0.1) is 0 Å². The van der Waals surface area contributed by atoms with Gasteiger partial charge < -0.3 is 14.6 Å². The maximum atomic E-state index is 13.3. The van der Waals surface area contributed by atoms with Gasteiger partial charge in [0.15, 0.2) is 0 Å². The average Bonchev–Trinajstić information content (AvgIpc) is 2.93. The molecule has 0 unspecified atom stereocenters. The van der Waals surface area contributed by atoms with Gasteiger partial charge in [-0.1, -0.05) is 0 Å². The van der Waals surface area contributed by atoms with Crippen molar-refractivity contribution in [2.75, 3.05) is 19.8 Å². The Morgan fingerprint density at radius 1 is 1.45 bits per heavy atom. The van der Waals surface area contributed by atoms with Gasteiger partial charge in [-0.05, 0) is 19.8 Å². The Bertz CT molecular complexity index is 537. The number of aryl methyl sites for hydroxylation is 1. The second-order valence-electron chi connectivity index (χ2n) is 6.20. The first-order valence-corrected chi connectivity index (χ1v) is 7.74. The average molecular weight is 313 g/mol. The maximum Gasteiger partial charge on any atom is 0.248 e. The van der Waals surface area contributed by atoms with Gasteiger partial charge in [-0.2, -0.15) is 0 Å². The number of hydrogen-bond donors (Lipinski definition) is 1. The Hall–Kier alpha value is -1.50. The van der Waals surface area contributed by atoms with E-state index in [2.05, 4.69) is 9.97 Å². The van der Waals surface area contributed by atoms with Crippen molar-refractivity contribution >= 4 is 5.91 Å². The van der Waals surface area contributed by atoms with Crippen molar-refractivity contribution in [3.8, 4) is 0 Å². The van der Waals surface area contributed by atoms with E-state index in [0.717, 1.165) is 5.69 Å². The van der Waals surface area contributed by atoms with Crippen LogP contribution in [0.3, 0.4) is 0 Å². The van der Waals surface area contributed by atoms with Crippen LogP contribution in [0.1, 0.15) is 43.2 Å². The number of aromatic nitrogens is 2. The summed E-state index contributed by atoms with van der Waals surface area (Å²) in [7, 11) is 0. The summed E-state index contributed by atoms with van der Waals surface area (Å²) in [5, 5.41) is 0. The lowest BCUT2D eigenvalue weighted by Crippen LogP contribution is -2.47. The number of aromatic amines is 1. The third-order valence-electron chi connectivity index (χ3n) is 4.52. The minimum Gasteiger partial charge on any atom is -0.377 e. The number of hydrogen-bond acceptors (Lipinski definition) is 3. The lowest BCUT2D eigenvalue weighted by atomic mass is 9.85. The van der Waals surface area contributed by atoms with Gasteiger partial charge >= 0.3 is 0 Å². The molecule has 1 aromatic rings. The van der Waals surface area contributed by atoms with Crippen molar-refractivity contribution in [3.63, 3.8) is 0 Å². The molecule has 5 nitrogen and oxygen atoms in total. The zero-order valence-corrected chi connectivity index (χ0v) is 12.6. The summed E-state index contributed by atoms with van der Waals surface area (Å²) < 4.78 is 32.0. The lowest BCUT2D eigenvalue weighted by molar-refractivity contribution is -0.148. The third kappa shape index (κ3) is 3.14. The maximum absolute atomic E-state index is 13.3. The molecule has 2 aliphatic rings. The fourth-order valence-corrected chi connectivity index (χ4v) is 3.22. The van der Waals surface area contributed by atoms with Crippen LogP contribution in [0.4, 0.5) is 8.78 Å². The molecule has 1 aliphatic heterocycles. The number of imidazole rings is 1. The van der Waals surface area contributed by atoms with Crippen LogP contribution in [0.2, 0.25) is 0 Å². The molecule has 0 bridgehead atoms. The van der Waals surface area contributed by atoms with Gasteiger partial charge in [0.1, 0.15) is 11.9 Å². The standard InChI is InChI=1S/C15H21F2N3O2/c1-10-8-18-13(19-10)12-9-22-7-6-20(12)14(21)11-2-4-15(16,17)5-3-11/h8,11-12H,2-7,9H2,1H3,(H,18,19)/t12-/m0/s1. The van der Waals surface area contributed by atoms with Crippen molar-refractivity contribution in [1.29, 1.82) is 0 Å². The number of morpholine rings is 1. The zero-order chi connectivity index (χ0) is 15.7. The number of ether oxygens (including phenoxy) is 1. The van der Waals surface area contributed by atoms with E-state index in [0.29, 0.717) is 25.6 Å². The molecule has 1 aromatic heterocycles. The molecule has 0 spiro atoms. The predicted molar refractivity (Wildman–Crippen MR) is 75.5 cm³/mol. The zero-order valence-electron chi connectivity index (χ0n) is 12.6. The van der Waals surface area contributed by atoms with E-state index in [1.807, 2.05) is 6.92 Å². The Morgan fingerprint density at radius 2 is 2.18 bits per heavy atom. The fraction of sp³-hybridized carbons (Fsp3) is 0.733. The summed E-state index contributed by atoms with van der Waals surface area (Å²) in [6.07, 6.45) is 1.84. The van der Waals surface area contributed by atoms with Gasteiger partial charge in [-0.3, -0.25) is 4.79 Å². The van der Waals surface area contributed by atoms with Crippen LogP contribution < -0.4 is 0 Å². The van der Waals surface area contributed by atoms with Crippen LogP contribution in [-0.4, -0.2) is 46.5 Å². The van der Waals surface area contributed by atoms with Crippen molar-refractivity contribution in [3.05, 3.63) is 17.7 Å². The molecule has 2 fully saturated rings. The highest BCUT2D eigenvalue weighted by molar-refractivity contribution is 5.79. The van der Waals surface area contributed by atoms with Gasteiger partial charge in [0.25, 0.3) is 0 Å². The minimum atomic E-state index is -2.61. The number of amides is 1. The first-order valence-electron chi connectivity index (χ1n) is 7.74. The van der Waals surface area contributed by atoms with Crippen LogP contribution in [0.5, 0.6) is 0 Å².